The number of rotatable bonds is 3. The smallest absolute Gasteiger partial charge is 0.335 e. The molecule has 122 valence electrons. The van der Waals surface area contributed by atoms with Gasteiger partial charge in [0, 0.05) is 44.8 Å². The van der Waals surface area contributed by atoms with E-state index in [1.807, 2.05) is 12.1 Å². The topological polar surface area (TPSA) is 35.5 Å². The Balaban J connectivity index is 2.10. The summed E-state index contributed by atoms with van der Waals surface area (Å²) in [5.41, 5.74) is 3.51. The van der Waals surface area contributed by atoms with Crippen LogP contribution in [-0.2, 0) is 4.79 Å². The Morgan fingerprint density at radius 3 is 2.79 bits per heavy atom. The number of esters is 1. The Kier molecular flexibility index (Phi) is 3.43. The average Bonchev–Trinajstić information content (AvgIpc) is 3.12. The molecule has 2 unspecified atom stereocenters. The molecule has 0 fully saturated rings. The number of carbonyl (C=O) groups is 1. The molecule has 24 heavy (non-hydrogen) atoms. The van der Waals surface area contributed by atoms with Gasteiger partial charge in [0.1, 0.15) is 11.5 Å². The zero-order valence-electron chi connectivity index (χ0n) is 13.6. The zero-order valence-corrected chi connectivity index (χ0v) is 14.3. The van der Waals surface area contributed by atoms with Crippen LogP contribution in [-0.4, -0.2) is 13.1 Å². The van der Waals surface area contributed by atoms with E-state index in [1.54, 1.807) is 13.2 Å². The van der Waals surface area contributed by atoms with Crippen molar-refractivity contribution in [1.29, 1.82) is 0 Å². The average molecular weight is 341 g/mol. The van der Waals surface area contributed by atoms with E-state index in [1.165, 1.54) is 11.6 Å². The van der Waals surface area contributed by atoms with E-state index in [4.69, 9.17) is 21.1 Å². The molecule has 0 saturated carbocycles. The lowest BCUT2D eigenvalue weighted by molar-refractivity contribution is -0.128. The first-order valence-corrected chi connectivity index (χ1v) is 8.28. The van der Waals surface area contributed by atoms with Gasteiger partial charge in [-0.25, -0.2) is 4.79 Å². The van der Waals surface area contributed by atoms with E-state index < -0.39 is 5.97 Å². The quantitative estimate of drug-likeness (QED) is 0.336. The minimum Gasteiger partial charge on any atom is -0.496 e. The molecule has 0 radical (unpaired) electrons. The van der Waals surface area contributed by atoms with Crippen molar-refractivity contribution >= 4 is 28.3 Å². The third kappa shape index (κ3) is 2.01. The van der Waals surface area contributed by atoms with Crippen LogP contribution < -0.4 is 9.47 Å². The molecule has 4 heteroatoms. The number of benzene rings is 2. The highest BCUT2D eigenvalue weighted by Gasteiger charge is 2.42. The summed E-state index contributed by atoms with van der Waals surface area (Å²) in [4.78, 5) is 11.9. The number of ether oxygens (including phenoxy) is 2. The van der Waals surface area contributed by atoms with Crippen molar-refractivity contribution in [2.24, 2.45) is 0 Å². The van der Waals surface area contributed by atoms with Gasteiger partial charge in [-0.05, 0) is 31.5 Å². The lowest BCUT2D eigenvalue weighted by atomic mass is 9.87. The van der Waals surface area contributed by atoms with Gasteiger partial charge in [-0.15, -0.1) is 0 Å². The highest BCUT2D eigenvalue weighted by atomic mass is 35.5. The van der Waals surface area contributed by atoms with Crippen LogP contribution in [0.25, 0.3) is 10.8 Å². The zero-order chi connectivity index (χ0) is 17.0. The fraction of sp³-hybridized carbons (Fsp3) is 0.250. The van der Waals surface area contributed by atoms with Gasteiger partial charge in [0.05, 0.1) is 7.11 Å². The molecule has 2 bridgehead atoms. The Morgan fingerprint density at radius 1 is 1.29 bits per heavy atom. The van der Waals surface area contributed by atoms with Gasteiger partial charge in [0.15, 0.2) is 0 Å². The monoisotopic (exact) mass is 340 g/mol. The molecule has 2 atom stereocenters. The molecule has 0 spiro atoms. The number of methoxy groups -OCH3 is 1. The summed E-state index contributed by atoms with van der Waals surface area (Å²) >= 11 is 6.19. The van der Waals surface area contributed by atoms with Crippen LogP contribution in [0, 0.1) is 0 Å². The molecule has 0 heterocycles. The first-order chi connectivity index (χ1) is 11.5. The molecule has 0 aromatic heterocycles. The van der Waals surface area contributed by atoms with Crippen molar-refractivity contribution in [3.63, 3.8) is 0 Å². The number of hydrogen-bond donors (Lipinski definition) is 0. The van der Waals surface area contributed by atoms with Crippen LogP contribution in [0.1, 0.15) is 36.3 Å². The number of hydrogen-bond acceptors (Lipinski definition) is 3. The maximum atomic E-state index is 11.9. The number of allylic oxidation sites excluding steroid dienone is 2. The molecule has 2 aliphatic carbocycles. The molecule has 0 aliphatic heterocycles. The summed E-state index contributed by atoms with van der Waals surface area (Å²) in [6.07, 6.45) is 4.47. The van der Waals surface area contributed by atoms with Gasteiger partial charge in [-0.1, -0.05) is 29.8 Å². The van der Waals surface area contributed by atoms with Crippen LogP contribution >= 0.6 is 11.6 Å². The maximum Gasteiger partial charge on any atom is 0.335 e. The molecule has 0 saturated heterocycles. The highest BCUT2D eigenvalue weighted by molar-refractivity contribution is 6.31. The van der Waals surface area contributed by atoms with Crippen molar-refractivity contribution in [3.05, 3.63) is 58.7 Å². The molecule has 0 N–H and O–H groups in total. The molecular formula is C20H17ClO3. The van der Waals surface area contributed by atoms with Crippen LogP contribution in [0.3, 0.4) is 0 Å². The van der Waals surface area contributed by atoms with Crippen molar-refractivity contribution in [1.82, 2.24) is 0 Å². The Bertz CT molecular complexity index is 926. The fourth-order valence-corrected chi connectivity index (χ4v) is 4.28. The lowest BCUT2D eigenvalue weighted by Crippen LogP contribution is -2.10. The molecule has 0 amide bonds. The Labute approximate surface area is 145 Å². The molecule has 2 aromatic rings. The molecule has 4 rings (SSSR count). The Hall–Kier alpha value is -2.26. The normalized spacial score (nSPS) is 20.7. The second kappa shape index (κ2) is 5.38. The molecular weight excluding hydrogens is 324 g/mol. The largest absolute Gasteiger partial charge is 0.496 e. The number of halogens is 1. The first kappa shape index (κ1) is 15.3. The first-order valence-electron chi connectivity index (χ1n) is 7.90. The van der Waals surface area contributed by atoms with E-state index in [2.05, 4.69) is 19.6 Å². The second-order valence-electron chi connectivity index (χ2n) is 6.31. The second-order valence-corrected chi connectivity index (χ2v) is 6.75. The van der Waals surface area contributed by atoms with Gasteiger partial charge in [-0.2, -0.15) is 0 Å². The minimum atomic E-state index is -0.456. The standard InChI is InChI=1S/C20H17ClO3/c1-4-16(22)24-20-13-6-5-12(21)9-15(13)19(23-3)17-11-7-10(2)14(8-11)18(17)20/h4-7,9,11,14H,1,8H2,2-3H3. The molecule has 2 aromatic carbocycles. The van der Waals surface area contributed by atoms with Gasteiger partial charge in [0.25, 0.3) is 0 Å². The van der Waals surface area contributed by atoms with Crippen LogP contribution in [0.2, 0.25) is 5.02 Å². The van der Waals surface area contributed by atoms with Crippen LogP contribution in [0.15, 0.2) is 42.5 Å². The van der Waals surface area contributed by atoms with Crippen molar-refractivity contribution in [2.75, 3.05) is 7.11 Å². The van der Waals surface area contributed by atoms with Crippen LogP contribution in [0.4, 0.5) is 0 Å². The predicted molar refractivity (Wildman–Crippen MR) is 95.2 cm³/mol. The summed E-state index contributed by atoms with van der Waals surface area (Å²) in [5.74, 6) is 1.55. The van der Waals surface area contributed by atoms with Crippen LogP contribution in [0.5, 0.6) is 11.5 Å². The van der Waals surface area contributed by atoms with Gasteiger partial charge >= 0.3 is 5.97 Å². The van der Waals surface area contributed by atoms with E-state index in [9.17, 15) is 4.79 Å². The lowest BCUT2D eigenvalue weighted by Gasteiger charge is -2.23. The molecule has 3 nitrogen and oxygen atoms in total. The summed E-state index contributed by atoms with van der Waals surface area (Å²) in [6, 6.07) is 5.55. The summed E-state index contributed by atoms with van der Waals surface area (Å²) < 4.78 is 11.4. The van der Waals surface area contributed by atoms with E-state index in [-0.39, 0.29) is 5.92 Å². The maximum absolute atomic E-state index is 11.9. The third-order valence-corrected chi connectivity index (χ3v) is 5.28. The van der Waals surface area contributed by atoms with E-state index >= 15 is 0 Å². The summed E-state index contributed by atoms with van der Waals surface area (Å²) in [7, 11) is 1.67. The third-order valence-electron chi connectivity index (χ3n) is 5.05. The van der Waals surface area contributed by atoms with Crippen molar-refractivity contribution in [3.8, 4) is 11.5 Å². The van der Waals surface area contributed by atoms with E-state index in [0.29, 0.717) is 16.7 Å². The van der Waals surface area contributed by atoms with Crippen molar-refractivity contribution in [2.45, 2.75) is 25.2 Å². The number of fused-ring (bicyclic) bond motifs is 6. The molecule has 2 aliphatic rings. The van der Waals surface area contributed by atoms with Crippen molar-refractivity contribution < 1.29 is 14.3 Å². The van der Waals surface area contributed by atoms with Gasteiger partial charge < -0.3 is 9.47 Å². The predicted octanol–water partition coefficient (Wildman–Crippen LogP) is 5.12. The highest BCUT2D eigenvalue weighted by Crippen LogP contribution is 2.60. The van der Waals surface area contributed by atoms with Gasteiger partial charge in [0.2, 0.25) is 0 Å². The Morgan fingerprint density at radius 2 is 2.08 bits per heavy atom. The number of carbonyl (C=O) groups excluding carboxylic acids is 1. The fourth-order valence-electron chi connectivity index (χ4n) is 4.11. The van der Waals surface area contributed by atoms with E-state index in [0.717, 1.165) is 34.1 Å². The summed E-state index contributed by atoms with van der Waals surface area (Å²) in [6.45, 7) is 5.64. The summed E-state index contributed by atoms with van der Waals surface area (Å²) in [5, 5.41) is 2.33. The minimum absolute atomic E-state index is 0.270. The SMILES string of the molecule is C=CC(=O)Oc1c2c(c(OC)c3cc(Cl)ccc13)C1C=C(C)C2C1. The van der Waals surface area contributed by atoms with Gasteiger partial charge in [-0.3, -0.25) is 0 Å².